The third kappa shape index (κ3) is 5.18. The number of nitrogens with zero attached hydrogens (tertiary/aromatic N) is 1. The zero-order chi connectivity index (χ0) is 18.5. The molecule has 1 heterocycles. The van der Waals surface area contributed by atoms with E-state index in [1.54, 1.807) is 11.8 Å². The summed E-state index contributed by atoms with van der Waals surface area (Å²) in [5, 5.41) is 3.87. The molecule has 1 N–H and O–H groups in total. The molecule has 3 rings (SSSR count). The van der Waals surface area contributed by atoms with Gasteiger partial charge in [0.05, 0.1) is 5.75 Å². The number of anilines is 1. The number of carbonyl (C=O) groups is 1. The van der Waals surface area contributed by atoms with E-state index in [2.05, 4.69) is 54.4 Å². The molecule has 1 amide bonds. The fourth-order valence-corrected chi connectivity index (χ4v) is 4.13. The Balaban J connectivity index is 1.43. The van der Waals surface area contributed by atoms with Gasteiger partial charge in [-0.1, -0.05) is 35.4 Å². The van der Waals surface area contributed by atoms with Crippen LogP contribution in [0.15, 0.2) is 47.4 Å². The van der Waals surface area contributed by atoms with E-state index in [9.17, 15) is 4.79 Å². The fourth-order valence-electron chi connectivity index (χ4n) is 3.23. The van der Waals surface area contributed by atoms with Gasteiger partial charge in [-0.2, -0.15) is 0 Å². The van der Waals surface area contributed by atoms with Crippen LogP contribution in [0.5, 0.6) is 0 Å². The molecule has 0 aliphatic carbocycles. The van der Waals surface area contributed by atoms with Gasteiger partial charge in [-0.05, 0) is 56.0 Å². The van der Waals surface area contributed by atoms with Gasteiger partial charge in [0.15, 0.2) is 0 Å². The Labute approximate surface area is 165 Å². The summed E-state index contributed by atoms with van der Waals surface area (Å²) in [5.41, 5.74) is 3.69. The SMILES string of the molecule is Cc1ccc(SCC(=O)NCC2CCN(c3cc(Cl)ccc3C)C2)cc1. The summed E-state index contributed by atoms with van der Waals surface area (Å²) in [4.78, 5) is 15.6. The van der Waals surface area contributed by atoms with Crippen LogP contribution in [0, 0.1) is 19.8 Å². The second-order valence-corrected chi connectivity index (χ2v) is 8.42. The van der Waals surface area contributed by atoms with Gasteiger partial charge in [-0.15, -0.1) is 11.8 Å². The summed E-state index contributed by atoms with van der Waals surface area (Å²) in [6.07, 6.45) is 1.09. The van der Waals surface area contributed by atoms with Crippen LogP contribution >= 0.6 is 23.4 Å². The van der Waals surface area contributed by atoms with Crippen molar-refractivity contribution in [1.29, 1.82) is 0 Å². The van der Waals surface area contributed by atoms with Crippen molar-refractivity contribution < 1.29 is 4.79 Å². The molecule has 5 heteroatoms. The number of amides is 1. The van der Waals surface area contributed by atoms with E-state index in [-0.39, 0.29) is 5.91 Å². The molecule has 26 heavy (non-hydrogen) atoms. The van der Waals surface area contributed by atoms with Crippen LogP contribution < -0.4 is 10.2 Å². The number of hydrogen-bond donors (Lipinski definition) is 1. The van der Waals surface area contributed by atoms with Crippen LogP contribution in [0.2, 0.25) is 5.02 Å². The lowest BCUT2D eigenvalue weighted by Crippen LogP contribution is -2.32. The average Bonchev–Trinajstić information content (AvgIpc) is 3.10. The third-order valence-electron chi connectivity index (χ3n) is 4.78. The Morgan fingerprint density at radius 3 is 2.77 bits per heavy atom. The number of benzene rings is 2. The summed E-state index contributed by atoms with van der Waals surface area (Å²) >= 11 is 7.73. The van der Waals surface area contributed by atoms with E-state index in [4.69, 9.17) is 11.6 Å². The molecule has 1 unspecified atom stereocenters. The maximum Gasteiger partial charge on any atom is 0.230 e. The van der Waals surface area contributed by atoms with Gasteiger partial charge in [-0.25, -0.2) is 0 Å². The van der Waals surface area contributed by atoms with Crippen LogP contribution in [0.1, 0.15) is 17.5 Å². The van der Waals surface area contributed by atoms with Crippen molar-refractivity contribution in [1.82, 2.24) is 5.32 Å². The number of nitrogens with one attached hydrogen (secondary N) is 1. The number of hydrogen-bond acceptors (Lipinski definition) is 3. The minimum absolute atomic E-state index is 0.105. The Hall–Kier alpha value is -1.65. The summed E-state index contributed by atoms with van der Waals surface area (Å²) in [6, 6.07) is 14.3. The average molecular weight is 389 g/mol. The first-order valence-electron chi connectivity index (χ1n) is 8.98. The van der Waals surface area contributed by atoms with Crippen molar-refractivity contribution in [3.05, 3.63) is 58.6 Å². The molecule has 3 nitrogen and oxygen atoms in total. The monoisotopic (exact) mass is 388 g/mol. The zero-order valence-corrected chi connectivity index (χ0v) is 16.9. The van der Waals surface area contributed by atoms with E-state index in [0.717, 1.165) is 36.0 Å². The lowest BCUT2D eigenvalue weighted by Gasteiger charge is -2.21. The molecule has 1 aliphatic rings. The van der Waals surface area contributed by atoms with Gasteiger partial charge in [0.1, 0.15) is 0 Å². The van der Waals surface area contributed by atoms with Crippen molar-refractivity contribution in [3.63, 3.8) is 0 Å². The van der Waals surface area contributed by atoms with Crippen LogP contribution in [-0.4, -0.2) is 31.3 Å². The minimum atomic E-state index is 0.105. The maximum atomic E-state index is 12.1. The lowest BCUT2D eigenvalue weighted by molar-refractivity contribution is -0.118. The molecular weight excluding hydrogens is 364 g/mol. The predicted molar refractivity (Wildman–Crippen MR) is 111 cm³/mol. The molecule has 138 valence electrons. The highest BCUT2D eigenvalue weighted by Crippen LogP contribution is 2.29. The molecule has 0 bridgehead atoms. The van der Waals surface area contributed by atoms with Crippen molar-refractivity contribution in [2.24, 2.45) is 5.92 Å². The normalized spacial score (nSPS) is 16.7. The van der Waals surface area contributed by atoms with Crippen LogP contribution in [0.3, 0.4) is 0 Å². The van der Waals surface area contributed by atoms with Crippen molar-refractivity contribution in [2.75, 3.05) is 30.3 Å². The van der Waals surface area contributed by atoms with Gasteiger partial charge >= 0.3 is 0 Å². The second-order valence-electron chi connectivity index (χ2n) is 6.94. The quantitative estimate of drug-likeness (QED) is 0.728. The third-order valence-corrected chi connectivity index (χ3v) is 6.02. The van der Waals surface area contributed by atoms with Crippen molar-refractivity contribution in [2.45, 2.75) is 25.2 Å². The molecule has 1 saturated heterocycles. The molecular formula is C21H25ClN2OS. The summed E-state index contributed by atoms with van der Waals surface area (Å²) in [6.45, 7) is 6.90. The van der Waals surface area contributed by atoms with Crippen LogP contribution in [-0.2, 0) is 4.79 Å². The molecule has 1 atom stereocenters. The molecule has 1 fully saturated rings. The Kier molecular flexibility index (Phi) is 6.49. The number of halogens is 1. The molecule has 2 aromatic rings. The zero-order valence-electron chi connectivity index (χ0n) is 15.3. The highest BCUT2D eigenvalue weighted by molar-refractivity contribution is 8.00. The van der Waals surface area contributed by atoms with E-state index in [1.165, 1.54) is 16.8 Å². The van der Waals surface area contributed by atoms with Gasteiger partial charge in [0.2, 0.25) is 5.91 Å². The molecule has 1 aliphatic heterocycles. The van der Waals surface area contributed by atoms with E-state index in [1.807, 2.05) is 12.1 Å². The van der Waals surface area contributed by atoms with E-state index in [0.29, 0.717) is 11.7 Å². The summed E-state index contributed by atoms with van der Waals surface area (Å²) in [7, 11) is 0. The number of thioether (sulfide) groups is 1. The second kappa shape index (κ2) is 8.83. The topological polar surface area (TPSA) is 32.3 Å². The Morgan fingerprint density at radius 1 is 1.23 bits per heavy atom. The van der Waals surface area contributed by atoms with Crippen LogP contribution in [0.25, 0.3) is 0 Å². The van der Waals surface area contributed by atoms with Crippen molar-refractivity contribution in [3.8, 4) is 0 Å². The number of carbonyl (C=O) groups excluding carboxylic acids is 1. The Morgan fingerprint density at radius 2 is 2.00 bits per heavy atom. The predicted octanol–water partition coefficient (Wildman–Crippen LogP) is 4.69. The van der Waals surface area contributed by atoms with Gasteiger partial charge in [0, 0.05) is 35.2 Å². The number of rotatable bonds is 6. The molecule has 0 saturated carbocycles. The smallest absolute Gasteiger partial charge is 0.230 e. The fraction of sp³-hybridized carbons (Fsp3) is 0.381. The first-order valence-corrected chi connectivity index (χ1v) is 10.3. The first-order chi connectivity index (χ1) is 12.5. The standard InChI is InChI=1S/C21H25ClN2OS/c1-15-3-7-19(8-4-15)26-14-21(25)23-12-17-9-10-24(13-17)20-11-18(22)6-5-16(20)2/h3-8,11,17H,9-10,12-14H2,1-2H3,(H,23,25). The van der Waals surface area contributed by atoms with Gasteiger partial charge in [-0.3, -0.25) is 4.79 Å². The largest absolute Gasteiger partial charge is 0.371 e. The van der Waals surface area contributed by atoms with Gasteiger partial charge in [0.25, 0.3) is 0 Å². The van der Waals surface area contributed by atoms with Gasteiger partial charge < -0.3 is 10.2 Å². The maximum absolute atomic E-state index is 12.1. The van der Waals surface area contributed by atoms with E-state index < -0.39 is 0 Å². The summed E-state index contributed by atoms with van der Waals surface area (Å²) in [5.74, 6) is 1.06. The highest BCUT2D eigenvalue weighted by atomic mass is 35.5. The number of aryl methyl sites for hydroxylation is 2. The molecule has 0 spiro atoms. The van der Waals surface area contributed by atoms with Crippen LogP contribution in [0.4, 0.5) is 5.69 Å². The minimum Gasteiger partial charge on any atom is -0.371 e. The molecule has 0 aromatic heterocycles. The van der Waals surface area contributed by atoms with E-state index >= 15 is 0 Å². The Bertz CT molecular complexity index is 763. The van der Waals surface area contributed by atoms with Crippen molar-refractivity contribution >= 4 is 35.0 Å². The molecule has 0 radical (unpaired) electrons. The summed E-state index contributed by atoms with van der Waals surface area (Å²) < 4.78 is 0. The highest BCUT2D eigenvalue weighted by Gasteiger charge is 2.24. The molecule has 2 aromatic carbocycles. The first kappa shape index (κ1) is 19.1. The lowest BCUT2D eigenvalue weighted by atomic mass is 10.1.